The van der Waals surface area contributed by atoms with E-state index in [4.69, 9.17) is 11.6 Å². The van der Waals surface area contributed by atoms with E-state index in [1.165, 1.54) is 0 Å². The van der Waals surface area contributed by atoms with E-state index in [0.717, 1.165) is 11.0 Å². The maximum Gasteiger partial charge on any atom is 0.152 e. The van der Waals surface area contributed by atoms with Crippen LogP contribution in [0, 0.1) is 0 Å². The largest absolute Gasteiger partial charge is 0.320 e. The van der Waals surface area contributed by atoms with E-state index in [1.54, 1.807) is 12.4 Å². The van der Waals surface area contributed by atoms with E-state index < -0.39 is 15.4 Å². The molecule has 0 spiro atoms. The number of rotatable bonds is 2. The van der Waals surface area contributed by atoms with Crippen LogP contribution in [0.5, 0.6) is 0 Å². The second-order valence-electron chi connectivity index (χ2n) is 5.62. The number of aromatic nitrogens is 3. The molecule has 2 atom stereocenters. The van der Waals surface area contributed by atoms with Gasteiger partial charge in [0.15, 0.2) is 9.84 Å². The molecule has 1 aliphatic heterocycles. The van der Waals surface area contributed by atoms with Crippen LogP contribution in [0.3, 0.4) is 0 Å². The van der Waals surface area contributed by atoms with Gasteiger partial charge in [-0.15, -0.1) is 11.6 Å². The topological polar surface area (TPSA) is 64.8 Å². The van der Waals surface area contributed by atoms with Crippen LogP contribution in [0.15, 0.2) is 18.5 Å². The van der Waals surface area contributed by atoms with Crippen LogP contribution in [0.2, 0.25) is 0 Å². The van der Waals surface area contributed by atoms with Crippen LogP contribution in [0.25, 0.3) is 11.0 Å². The standard InChI is InChI=1S/C13H16ClN3O2S/c1-9(14)12-16-10-7-15-5-3-11(10)17(12)13(2)4-6-20(18,19)8-13/h3,5,7,9H,4,6,8H2,1-2H3. The SMILES string of the molecule is CC(Cl)c1nc2cnccc2n1C1(C)CCS(=O)(=O)C1. The van der Waals surface area contributed by atoms with Gasteiger partial charge in [-0.3, -0.25) is 4.98 Å². The molecular weight excluding hydrogens is 298 g/mol. The Morgan fingerprint density at radius 3 is 2.85 bits per heavy atom. The number of hydrogen-bond donors (Lipinski definition) is 0. The van der Waals surface area contributed by atoms with Gasteiger partial charge in [-0.05, 0) is 26.3 Å². The lowest BCUT2D eigenvalue weighted by atomic mass is 10.0. The maximum atomic E-state index is 11.9. The molecule has 7 heteroatoms. The molecular formula is C13H16ClN3O2S. The fourth-order valence-corrected chi connectivity index (χ4v) is 5.22. The predicted octanol–water partition coefficient (Wildman–Crippen LogP) is 2.26. The van der Waals surface area contributed by atoms with E-state index in [-0.39, 0.29) is 16.9 Å². The van der Waals surface area contributed by atoms with Crippen molar-refractivity contribution < 1.29 is 8.42 Å². The Kier molecular flexibility index (Phi) is 3.06. The molecule has 1 saturated heterocycles. The van der Waals surface area contributed by atoms with Crippen molar-refractivity contribution in [2.75, 3.05) is 11.5 Å². The molecule has 0 aliphatic carbocycles. The predicted molar refractivity (Wildman–Crippen MR) is 78.7 cm³/mol. The summed E-state index contributed by atoms with van der Waals surface area (Å²) < 4.78 is 25.8. The van der Waals surface area contributed by atoms with E-state index in [2.05, 4.69) is 9.97 Å². The summed E-state index contributed by atoms with van der Waals surface area (Å²) in [5.41, 5.74) is 1.15. The van der Waals surface area contributed by atoms with Crippen LogP contribution in [-0.2, 0) is 15.4 Å². The fraction of sp³-hybridized carbons (Fsp3) is 0.538. The quantitative estimate of drug-likeness (QED) is 0.798. The molecule has 1 fully saturated rings. The normalized spacial score (nSPS) is 26.9. The molecule has 0 bridgehead atoms. The molecule has 108 valence electrons. The second-order valence-corrected chi connectivity index (χ2v) is 8.46. The van der Waals surface area contributed by atoms with Gasteiger partial charge >= 0.3 is 0 Å². The van der Waals surface area contributed by atoms with Gasteiger partial charge in [-0.1, -0.05) is 0 Å². The summed E-state index contributed by atoms with van der Waals surface area (Å²) in [6.07, 6.45) is 3.96. The number of pyridine rings is 1. The summed E-state index contributed by atoms with van der Waals surface area (Å²) in [6.45, 7) is 3.81. The number of nitrogens with zero attached hydrogens (tertiary/aromatic N) is 3. The molecule has 1 aliphatic rings. The molecule has 0 saturated carbocycles. The minimum Gasteiger partial charge on any atom is -0.320 e. The van der Waals surface area contributed by atoms with Crippen LogP contribution < -0.4 is 0 Å². The van der Waals surface area contributed by atoms with Gasteiger partial charge in [-0.25, -0.2) is 13.4 Å². The first-order chi connectivity index (χ1) is 9.32. The van der Waals surface area contributed by atoms with Gasteiger partial charge in [-0.2, -0.15) is 0 Å². The minimum absolute atomic E-state index is 0.129. The summed E-state index contributed by atoms with van der Waals surface area (Å²) in [4.78, 5) is 8.59. The lowest BCUT2D eigenvalue weighted by molar-refractivity contribution is 0.363. The first kappa shape index (κ1) is 13.8. The Bertz CT molecular complexity index is 769. The van der Waals surface area contributed by atoms with E-state index in [1.807, 2.05) is 24.5 Å². The number of sulfone groups is 1. The molecule has 0 aromatic carbocycles. The highest BCUT2D eigenvalue weighted by Gasteiger charge is 2.42. The van der Waals surface area contributed by atoms with Gasteiger partial charge in [0.05, 0.1) is 34.1 Å². The molecule has 0 N–H and O–H groups in total. The highest BCUT2D eigenvalue weighted by atomic mass is 35.5. The van der Waals surface area contributed by atoms with Crippen molar-refractivity contribution in [3.8, 4) is 0 Å². The molecule has 3 rings (SSSR count). The molecule has 2 aromatic heterocycles. The zero-order chi connectivity index (χ0) is 14.5. The van der Waals surface area contributed by atoms with Gasteiger partial charge in [0, 0.05) is 6.20 Å². The minimum atomic E-state index is -3.00. The number of imidazole rings is 1. The summed E-state index contributed by atoms with van der Waals surface area (Å²) in [5, 5.41) is -0.289. The zero-order valence-corrected chi connectivity index (χ0v) is 12.9. The molecule has 3 heterocycles. The van der Waals surface area contributed by atoms with Gasteiger partial charge in [0.2, 0.25) is 0 Å². The third kappa shape index (κ3) is 2.11. The van der Waals surface area contributed by atoms with Gasteiger partial charge in [0.1, 0.15) is 11.3 Å². The van der Waals surface area contributed by atoms with Crippen LogP contribution in [0.1, 0.15) is 31.5 Å². The highest BCUT2D eigenvalue weighted by molar-refractivity contribution is 7.91. The van der Waals surface area contributed by atoms with Crippen molar-refractivity contribution in [3.63, 3.8) is 0 Å². The Morgan fingerprint density at radius 2 is 2.25 bits per heavy atom. The van der Waals surface area contributed by atoms with Crippen LogP contribution >= 0.6 is 11.6 Å². The average Bonchev–Trinajstić information content (AvgIpc) is 2.88. The summed E-state index contributed by atoms with van der Waals surface area (Å²) in [7, 11) is -3.00. The van der Waals surface area contributed by atoms with E-state index in [0.29, 0.717) is 12.2 Å². The molecule has 2 aromatic rings. The average molecular weight is 314 g/mol. The van der Waals surface area contributed by atoms with Crippen molar-refractivity contribution in [3.05, 3.63) is 24.3 Å². The van der Waals surface area contributed by atoms with Crippen molar-refractivity contribution in [1.82, 2.24) is 14.5 Å². The molecule has 20 heavy (non-hydrogen) atoms. The number of hydrogen-bond acceptors (Lipinski definition) is 4. The summed E-state index contributed by atoms with van der Waals surface area (Å²) in [6, 6.07) is 1.86. The first-order valence-corrected chi connectivity index (χ1v) is 8.75. The maximum absolute atomic E-state index is 11.9. The van der Waals surface area contributed by atoms with Gasteiger partial charge < -0.3 is 4.57 Å². The van der Waals surface area contributed by atoms with E-state index >= 15 is 0 Å². The highest BCUT2D eigenvalue weighted by Crippen LogP contribution is 2.37. The summed E-state index contributed by atoms with van der Waals surface area (Å²) in [5.74, 6) is 1.05. The summed E-state index contributed by atoms with van der Waals surface area (Å²) >= 11 is 6.24. The number of alkyl halides is 1. The lowest BCUT2D eigenvalue weighted by Gasteiger charge is -2.28. The molecule has 5 nitrogen and oxygen atoms in total. The Morgan fingerprint density at radius 1 is 1.50 bits per heavy atom. The second kappa shape index (κ2) is 4.43. The Balaban J connectivity index is 2.27. The van der Waals surface area contributed by atoms with Gasteiger partial charge in [0.25, 0.3) is 0 Å². The monoisotopic (exact) mass is 313 g/mol. The van der Waals surface area contributed by atoms with Crippen molar-refractivity contribution in [2.24, 2.45) is 0 Å². The third-order valence-electron chi connectivity index (χ3n) is 3.86. The number of halogens is 1. The van der Waals surface area contributed by atoms with Crippen molar-refractivity contribution in [1.29, 1.82) is 0 Å². The van der Waals surface area contributed by atoms with Crippen LogP contribution in [0.4, 0.5) is 0 Å². The van der Waals surface area contributed by atoms with E-state index in [9.17, 15) is 8.42 Å². The first-order valence-electron chi connectivity index (χ1n) is 6.50. The Labute approximate surface area is 122 Å². The molecule has 0 radical (unpaired) electrons. The fourth-order valence-electron chi connectivity index (χ4n) is 2.95. The zero-order valence-electron chi connectivity index (χ0n) is 11.4. The molecule has 0 amide bonds. The van der Waals surface area contributed by atoms with Crippen molar-refractivity contribution >= 4 is 32.5 Å². The lowest BCUT2D eigenvalue weighted by Crippen LogP contribution is -2.33. The van der Waals surface area contributed by atoms with Crippen molar-refractivity contribution in [2.45, 2.75) is 31.2 Å². The Hall–Kier alpha value is -1.14. The van der Waals surface area contributed by atoms with Crippen LogP contribution in [-0.4, -0.2) is 34.5 Å². The molecule has 2 unspecified atom stereocenters. The third-order valence-corrected chi connectivity index (χ3v) is 5.94. The number of fused-ring (bicyclic) bond motifs is 1. The smallest absolute Gasteiger partial charge is 0.152 e.